The molecule has 1 saturated carbocycles. The lowest BCUT2D eigenvalue weighted by Crippen LogP contribution is -2.26. The molecular formula is C8H10ClNO4S3. The van der Waals surface area contributed by atoms with Crippen LogP contribution in [0.1, 0.15) is 17.7 Å². The van der Waals surface area contributed by atoms with Crippen molar-refractivity contribution in [2.24, 2.45) is 0 Å². The van der Waals surface area contributed by atoms with Crippen LogP contribution in [-0.2, 0) is 25.6 Å². The third-order valence-electron chi connectivity index (χ3n) is 2.29. The van der Waals surface area contributed by atoms with E-state index in [0.29, 0.717) is 17.7 Å². The monoisotopic (exact) mass is 315 g/mol. The van der Waals surface area contributed by atoms with Crippen molar-refractivity contribution in [3.8, 4) is 0 Å². The predicted octanol–water partition coefficient (Wildman–Crippen LogP) is 1.26. The van der Waals surface area contributed by atoms with Crippen molar-refractivity contribution < 1.29 is 16.8 Å². The van der Waals surface area contributed by atoms with Gasteiger partial charge in [-0.25, -0.2) is 21.6 Å². The fourth-order valence-electron chi connectivity index (χ4n) is 1.25. The van der Waals surface area contributed by atoms with Crippen LogP contribution in [0.25, 0.3) is 0 Å². The Hall–Kier alpha value is -0.150. The van der Waals surface area contributed by atoms with E-state index in [1.807, 2.05) is 0 Å². The van der Waals surface area contributed by atoms with Crippen LogP contribution >= 0.6 is 22.0 Å². The van der Waals surface area contributed by atoms with Gasteiger partial charge >= 0.3 is 0 Å². The molecule has 0 atom stereocenters. The van der Waals surface area contributed by atoms with Crippen molar-refractivity contribution >= 4 is 41.1 Å². The first-order chi connectivity index (χ1) is 7.79. The molecule has 0 bridgehead atoms. The number of rotatable bonds is 5. The minimum atomic E-state index is -3.73. The van der Waals surface area contributed by atoms with Crippen LogP contribution in [0.15, 0.2) is 16.3 Å². The van der Waals surface area contributed by atoms with Gasteiger partial charge in [-0.2, -0.15) is 0 Å². The van der Waals surface area contributed by atoms with Crippen molar-refractivity contribution in [1.82, 2.24) is 4.72 Å². The summed E-state index contributed by atoms with van der Waals surface area (Å²) in [6.07, 6.45) is 1.39. The normalized spacial score (nSPS) is 17.2. The van der Waals surface area contributed by atoms with Crippen LogP contribution in [0.4, 0.5) is 0 Å². The standard InChI is InChI=1S/C8H10ClNO4S3/c9-16(11,12)8-4-1-6(15-8)5-10-17(13,14)7-2-3-7/h1,4,7,10H,2-3,5H2. The summed E-state index contributed by atoms with van der Waals surface area (Å²) >= 11 is 0.966. The first-order valence-corrected chi connectivity index (χ1v) is 9.48. The third kappa shape index (κ3) is 3.41. The van der Waals surface area contributed by atoms with Gasteiger partial charge in [0.2, 0.25) is 10.0 Å². The highest BCUT2D eigenvalue weighted by Crippen LogP contribution is 2.28. The van der Waals surface area contributed by atoms with Gasteiger partial charge in [0, 0.05) is 22.1 Å². The molecular weight excluding hydrogens is 306 g/mol. The van der Waals surface area contributed by atoms with Gasteiger partial charge < -0.3 is 0 Å². The van der Waals surface area contributed by atoms with Crippen molar-refractivity contribution in [2.45, 2.75) is 28.8 Å². The van der Waals surface area contributed by atoms with E-state index < -0.39 is 19.1 Å². The Kier molecular flexibility index (Phi) is 3.52. The van der Waals surface area contributed by atoms with E-state index >= 15 is 0 Å². The fourth-order valence-corrected chi connectivity index (χ4v) is 4.76. The summed E-state index contributed by atoms with van der Waals surface area (Å²) in [6.45, 7) is 0.107. The third-order valence-corrected chi connectivity index (χ3v) is 7.36. The van der Waals surface area contributed by atoms with Crippen molar-refractivity contribution in [2.75, 3.05) is 0 Å². The number of hydrogen-bond donors (Lipinski definition) is 1. The zero-order valence-electron chi connectivity index (χ0n) is 8.59. The van der Waals surface area contributed by atoms with E-state index in [-0.39, 0.29) is 16.0 Å². The van der Waals surface area contributed by atoms with Gasteiger partial charge in [0.25, 0.3) is 9.05 Å². The predicted molar refractivity (Wildman–Crippen MR) is 66.1 cm³/mol. The molecule has 2 rings (SSSR count). The van der Waals surface area contributed by atoms with Gasteiger partial charge in [0.05, 0.1) is 5.25 Å². The summed E-state index contributed by atoms with van der Waals surface area (Å²) in [7, 11) is -1.80. The molecule has 9 heteroatoms. The molecule has 1 fully saturated rings. The van der Waals surface area contributed by atoms with Crippen LogP contribution in [-0.4, -0.2) is 22.1 Å². The molecule has 1 heterocycles. The lowest BCUT2D eigenvalue weighted by Gasteiger charge is -2.02. The molecule has 1 aliphatic rings. The minimum Gasteiger partial charge on any atom is -0.212 e. The molecule has 1 aliphatic carbocycles. The van der Waals surface area contributed by atoms with Crippen LogP contribution in [0, 0.1) is 0 Å². The maximum atomic E-state index is 11.5. The van der Waals surface area contributed by atoms with Crippen LogP contribution in [0.5, 0.6) is 0 Å². The number of thiophene rings is 1. The highest BCUT2D eigenvalue weighted by molar-refractivity contribution is 8.15. The van der Waals surface area contributed by atoms with Crippen LogP contribution < -0.4 is 4.72 Å². The molecule has 0 amide bonds. The number of hydrogen-bond acceptors (Lipinski definition) is 5. The maximum Gasteiger partial charge on any atom is 0.270 e. The summed E-state index contributed by atoms with van der Waals surface area (Å²) in [5.41, 5.74) is 0. The Labute approximate surface area is 108 Å². The molecule has 0 saturated heterocycles. The Bertz CT molecular complexity index is 615. The summed E-state index contributed by atoms with van der Waals surface area (Å²) in [6, 6.07) is 2.92. The topological polar surface area (TPSA) is 80.3 Å². The zero-order valence-corrected chi connectivity index (χ0v) is 11.8. The minimum absolute atomic E-state index is 0.0276. The molecule has 0 unspecified atom stereocenters. The molecule has 17 heavy (non-hydrogen) atoms. The van der Waals surface area contributed by atoms with E-state index in [2.05, 4.69) is 4.72 Å². The smallest absolute Gasteiger partial charge is 0.212 e. The Balaban J connectivity index is 2.03. The molecule has 0 aromatic carbocycles. The summed E-state index contributed by atoms with van der Waals surface area (Å²) in [4.78, 5) is 0.619. The lowest BCUT2D eigenvalue weighted by atomic mass is 10.5. The van der Waals surface area contributed by atoms with Crippen LogP contribution in [0.2, 0.25) is 0 Å². The van der Waals surface area contributed by atoms with Gasteiger partial charge in [0.15, 0.2) is 0 Å². The number of sulfonamides is 1. The zero-order chi connectivity index (χ0) is 12.7. The van der Waals surface area contributed by atoms with Crippen LogP contribution in [0.3, 0.4) is 0 Å². The van der Waals surface area contributed by atoms with Crippen molar-refractivity contribution in [3.05, 3.63) is 17.0 Å². The number of halogens is 1. The Morgan fingerprint density at radius 3 is 2.41 bits per heavy atom. The fraction of sp³-hybridized carbons (Fsp3) is 0.500. The molecule has 1 N–H and O–H groups in total. The van der Waals surface area contributed by atoms with Gasteiger partial charge in [0.1, 0.15) is 4.21 Å². The largest absolute Gasteiger partial charge is 0.270 e. The average Bonchev–Trinajstić information content (AvgIpc) is 2.94. The molecule has 0 spiro atoms. The first kappa shape index (κ1) is 13.3. The lowest BCUT2D eigenvalue weighted by molar-refractivity contribution is 0.580. The van der Waals surface area contributed by atoms with Gasteiger partial charge in [-0.3, -0.25) is 0 Å². The highest BCUT2D eigenvalue weighted by atomic mass is 35.7. The summed E-state index contributed by atoms with van der Waals surface area (Å²) < 4.78 is 47.5. The van der Waals surface area contributed by atoms with Crippen molar-refractivity contribution in [1.29, 1.82) is 0 Å². The van der Waals surface area contributed by atoms with E-state index in [9.17, 15) is 16.8 Å². The van der Waals surface area contributed by atoms with E-state index in [1.54, 1.807) is 6.07 Å². The van der Waals surface area contributed by atoms with Gasteiger partial charge in [-0.15, -0.1) is 11.3 Å². The second-order valence-corrected chi connectivity index (χ2v) is 9.73. The van der Waals surface area contributed by atoms with E-state index in [1.165, 1.54) is 6.07 Å². The molecule has 96 valence electrons. The van der Waals surface area contributed by atoms with E-state index in [0.717, 1.165) is 11.3 Å². The quantitative estimate of drug-likeness (QED) is 0.829. The molecule has 5 nitrogen and oxygen atoms in total. The van der Waals surface area contributed by atoms with Crippen molar-refractivity contribution in [3.63, 3.8) is 0 Å². The second-order valence-electron chi connectivity index (χ2n) is 3.72. The first-order valence-electron chi connectivity index (χ1n) is 4.81. The summed E-state index contributed by atoms with van der Waals surface area (Å²) in [5.74, 6) is 0. The second kappa shape index (κ2) is 4.51. The maximum absolute atomic E-state index is 11.5. The Morgan fingerprint density at radius 2 is 1.94 bits per heavy atom. The average molecular weight is 316 g/mol. The molecule has 0 aliphatic heterocycles. The number of nitrogens with one attached hydrogen (secondary N) is 1. The van der Waals surface area contributed by atoms with Gasteiger partial charge in [-0.1, -0.05) is 0 Å². The highest BCUT2D eigenvalue weighted by Gasteiger charge is 2.35. The SMILES string of the molecule is O=S(=O)(Cl)c1ccc(CNS(=O)(=O)C2CC2)s1. The van der Waals surface area contributed by atoms with Gasteiger partial charge in [-0.05, 0) is 25.0 Å². The molecule has 0 radical (unpaired) electrons. The molecule has 1 aromatic rings. The molecule has 1 aromatic heterocycles. The summed E-state index contributed by atoms with van der Waals surface area (Å²) in [5, 5.41) is -0.279. The Morgan fingerprint density at radius 1 is 1.29 bits per heavy atom. The van der Waals surface area contributed by atoms with E-state index in [4.69, 9.17) is 10.7 Å².